The summed E-state index contributed by atoms with van der Waals surface area (Å²) in [7, 11) is 0. The number of fused-ring (bicyclic) bond motifs is 1. The van der Waals surface area contributed by atoms with Crippen LogP contribution < -0.4 is 4.74 Å². The highest BCUT2D eigenvalue weighted by atomic mass is 19.1. The Morgan fingerprint density at radius 1 is 1.42 bits per heavy atom. The van der Waals surface area contributed by atoms with Crippen LogP contribution in [0.4, 0.5) is 4.39 Å². The predicted octanol–water partition coefficient (Wildman–Crippen LogP) is 2.99. The van der Waals surface area contributed by atoms with Crippen molar-refractivity contribution in [1.29, 1.82) is 0 Å². The van der Waals surface area contributed by atoms with Crippen molar-refractivity contribution in [2.24, 2.45) is 0 Å². The Labute approximate surface area is 111 Å². The molecule has 3 heterocycles. The number of nitrogens with zero attached hydrogens (tertiary/aromatic N) is 3. The first-order valence-corrected chi connectivity index (χ1v) is 6.52. The highest BCUT2D eigenvalue weighted by Crippen LogP contribution is 2.38. The van der Waals surface area contributed by atoms with E-state index in [0.29, 0.717) is 17.9 Å². The van der Waals surface area contributed by atoms with Crippen molar-refractivity contribution >= 4 is 0 Å². The number of hydrogen-bond acceptors (Lipinski definition) is 3. The molecule has 0 fully saturated rings. The fraction of sp³-hybridized carbons (Fsp3) is 0.429. The predicted molar refractivity (Wildman–Crippen MR) is 69.6 cm³/mol. The van der Waals surface area contributed by atoms with Crippen molar-refractivity contribution in [3.8, 4) is 17.1 Å². The molecule has 5 heteroatoms. The first-order chi connectivity index (χ1) is 9.18. The van der Waals surface area contributed by atoms with Crippen LogP contribution >= 0.6 is 0 Å². The van der Waals surface area contributed by atoms with Crippen LogP contribution in [0.15, 0.2) is 18.5 Å². The molecule has 0 saturated heterocycles. The van der Waals surface area contributed by atoms with E-state index in [4.69, 9.17) is 4.74 Å². The van der Waals surface area contributed by atoms with Crippen molar-refractivity contribution < 1.29 is 9.13 Å². The summed E-state index contributed by atoms with van der Waals surface area (Å²) in [6.45, 7) is 5.66. The van der Waals surface area contributed by atoms with Crippen molar-refractivity contribution in [3.05, 3.63) is 29.8 Å². The van der Waals surface area contributed by atoms with E-state index in [-0.39, 0.29) is 11.7 Å². The number of aryl methyl sites for hydroxylation is 1. The summed E-state index contributed by atoms with van der Waals surface area (Å²) in [6.07, 6.45) is 3.74. The van der Waals surface area contributed by atoms with Gasteiger partial charge in [0.15, 0.2) is 5.82 Å². The number of ether oxygens (including phenoxy) is 1. The minimum atomic E-state index is -0.347. The fourth-order valence-corrected chi connectivity index (χ4v) is 2.43. The van der Waals surface area contributed by atoms with Gasteiger partial charge in [0, 0.05) is 30.3 Å². The summed E-state index contributed by atoms with van der Waals surface area (Å²) in [5.74, 6) is 0.664. The smallest absolute Gasteiger partial charge is 0.215 e. The molecule has 0 radical (unpaired) electrons. The largest absolute Gasteiger partial charge is 0.478 e. The van der Waals surface area contributed by atoms with Gasteiger partial charge in [-0.25, -0.2) is 9.07 Å². The Morgan fingerprint density at radius 2 is 2.26 bits per heavy atom. The molecule has 3 rings (SSSR count). The Balaban J connectivity index is 2.21. The topological polar surface area (TPSA) is 39.9 Å². The molecule has 0 aromatic carbocycles. The average Bonchev–Trinajstić information content (AvgIpc) is 2.78. The first kappa shape index (κ1) is 12.1. The lowest BCUT2D eigenvalue weighted by atomic mass is 9.99. The number of pyridine rings is 1. The maximum Gasteiger partial charge on any atom is 0.215 e. The Kier molecular flexibility index (Phi) is 2.97. The van der Waals surface area contributed by atoms with Crippen LogP contribution in [0.25, 0.3) is 11.3 Å². The molecule has 1 aliphatic heterocycles. The molecule has 2 aromatic rings. The molecule has 100 valence electrons. The summed E-state index contributed by atoms with van der Waals surface area (Å²) in [6, 6.07) is 1.66. The molecule has 0 aliphatic carbocycles. The van der Waals surface area contributed by atoms with Crippen LogP contribution in [-0.2, 0) is 6.54 Å². The van der Waals surface area contributed by atoms with E-state index in [1.54, 1.807) is 12.3 Å². The van der Waals surface area contributed by atoms with E-state index in [9.17, 15) is 4.39 Å². The molecule has 4 nitrogen and oxygen atoms in total. The molecule has 0 saturated carbocycles. The minimum absolute atomic E-state index is 0.226. The van der Waals surface area contributed by atoms with Gasteiger partial charge in [0.2, 0.25) is 5.88 Å². The SMILES string of the molecule is CC(C)c1c(-c2ccncc2F)nn2c1OCCC2. The van der Waals surface area contributed by atoms with Crippen LogP contribution in [0.5, 0.6) is 5.88 Å². The molecule has 0 spiro atoms. The van der Waals surface area contributed by atoms with E-state index in [1.165, 1.54) is 6.20 Å². The van der Waals surface area contributed by atoms with Crippen LogP contribution in [0.2, 0.25) is 0 Å². The highest BCUT2D eigenvalue weighted by Gasteiger charge is 2.26. The molecule has 2 aromatic heterocycles. The van der Waals surface area contributed by atoms with Gasteiger partial charge in [0.25, 0.3) is 0 Å². The van der Waals surface area contributed by atoms with Crippen molar-refractivity contribution in [1.82, 2.24) is 14.8 Å². The van der Waals surface area contributed by atoms with Crippen molar-refractivity contribution in [2.45, 2.75) is 32.7 Å². The zero-order valence-electron chi connectivity index (χ0n) is 11.1. The lowest BCUT2D eigenvalue weighted by molar-refractivity contribution is 0.227. The molecule has 0 bridgehead atoms. The second-order valence-electron chi connectivity index (χ2n) is 5.00. The number of rotatable bonds is 2. The Bertz CT molecular complexity index is 607. The second kappa shape index (κ2) is 4.64. The maximum absolute atomic E-state index is 13.9. The quantitative estimate of drug-likeness (QED) is 0.834. The molecule has 1 aliphatic rings. The molecule has 0 amide bonds. The lowest BCUT2D eigenvalue weighted by Gasteiger charge is -2.17. The molecule has 0 N–H and O–H groups in total. The van der Waals surface area contributed by atoms with E-state index >= 15 is 0 Å². The summed E-state index contributed by atoms with van der Waals surface area (Å²) >= 11 is 0. The third-order valence-corrected chi connectivity index (χ3v) is 3.30. The molecular weight excluding hydrogens is 245 g/mol. The van der Waals surface area contributed by atoms with Gasteiger partial charge in [-0.2, -0.15) is 5.10 Å². The van der Waals surface area contributed by atoms with Gasteiger partial charge in [-0.3, -0.25) is 4.98 Å². The maximum atomic E-state index is 13.9. The van der Waals surface area contributed by atoms with E-state index in [0.717, 1.165) is 24.4 Å². The summed E-state index contributed by atoms with van der Waals surface area (Å²) < 4.78 is 21.5. The zero-order chi connectivity index (χ0) is 13.4. The van der Waals surface area contributed by atoms with E-state index in [1.807, 2.05) is 4.68 Å². The highest BCUT2D eigenvalue weighted by molar-refractivity contribution is 5.66. The fourth-order valence-electron chi connectivity index (χ4n) is 2.43. The van der Waals surface area contributed by atoms with Gasteiger partial charge in [0.05, 0.1) is 12.8 Å². The Morgan fingerprint density at radius 3 is 3.00 bits per heavy atom. The number of halogens is 1. The molecule has 19 heavy (non-hydrogen) atoms. The normalized spacial score (nSPS) is 14.3. The molecular formula is C14H16FN3O. The van der Waals surface area contributed by atoms with E-state index in [2.05, 4.69) is 23.9 Å². The first-order valence-electron chi connectivity index (χ1n) is 6.52. The van der Waals surface area contributed by atoms with Crippen LogP contribution in [0.3, 0.4) is 0 Å². The summed E-state index contributed by atoms with van der Waals surface area (Å²) in [5.41, 5.74) is 2.14. The number of hydrogen-bond donors (Lipinski definition) is 0. The van der Waals surface area contributed by atoms with Gasteiger partial charge < -0.3 is 4.74 Å². The van der Waals surface area contributed by atoms with Gasteiger partial charge >= 0.3 is 0 Å². The average molecular weight is 261 g/mol. The van der Waals surface area contributed by atoms with Gasteiger partial charge in [-0.15, -0.1) is 0 Å². The number of aromatic nitrogens is 3. The summed E-state index contributed by atoms with van der Waals surface area (Å²) in [5, 5.41) is 4.53. The zero-order valence-corrected chi connectivity index (χ0v) is 11.1. The molecule has 0 unspecified atom stereocenters. The van der Waals surface area contributed by atoms with Crippen molar-refractivity contribution in [2.75, 3.05) is 6.61 Å². The van der Waals surface area contributed by atoms with Crippen molar-refractivity contribution in [3.63, 3.8) is 0 Å². The van der Waals surface area contributed by atoms with Gasteiger partial charge in [-0.1, -0.05) is 13.8 Å². The van der Waals surface area contributed by atoms with E-state index < -0.39 is 0 Å². The van der Waals surface area contributed by atoms with Gasteiger partial charge in [-0.05, 0) is 12.0 Å². The molecule has 0 atom stereocenters. The lowest BCUT2D eigenvalue weighted by Crippen LogP contribution is -2.15. The van der Waals surface area contributed by atoms with Crippen LogP contribution in [0.1, 0.15) is 31.7 Å². The third-order valence-electron chi connectivity index (χ3n) is 3.30. The van der Waals surface area contributed by atoms with Gasteiger partial charge in [0.1, 0.15) is 5.69 Å². The Hall–Kier alpha value is -1.91. The van der Waals surface area contributed by atoms with Crippen LogP contribution in [0, 0.1) is 5.82 Å². The third kappa shape index (κ3) is 1.99. The monoisotopic (exact) mass is 261 g/mol. The minimum Gasteiger partial charge on any atom is -0.478 e. The second-order valence-corrected chi connectivity index (χ2v) is 5.00. The van der Waals surface area contributed by atoms with Crippen LogP contribution in [-0.4, -0.2) is 21.4 Å². The summed E-state index contributed by atoms with van der Waals surface area (Å²) in [4.78, 5) is 3.79. The standard InChI is InChI=1S/C14H16FN3O/c1-9(2)12-13(10-4-5-16-8-11(10)15)17-18-6-3-7-19-14(12)18/h4-5,8-9H,3,6-7H2,1-2H3.